The van der Waals surface area contributed by atoms with Crippen molar-refractivity contribution in [2.75, 3.05) is 57.8 Å². The van der Waals surface area contributed by atoms with Crippen LogP contribution in [0.2, 0.25) is 0 Å². The average Bonchev–Trinajstić information content (AvgIpc) is 3.60. The Labute approximate surface area is 255 Å². The van der Waals surface area contributed by atoms with Crippen molar-refractivity contribution in [1.82, 2.24) is 19.8 Å². The summed E-state index contributed by atoms with van der Waals surface area (Å²) in [4.78, 5) is 35.0. The number of aryl methyl sites for hydroxylation is 2. The van der Waals surface area contributed by atoms with Crippen LogP contribution in [-0.4, -0.2) is 107 Å². The molecule has 4 heterocycles. The Bertz CT molecular complexity index is 1340. The fraction of sp³-hybridized carbons (Fsp3) is 0.586. The van der Waals surface area contributed by atoms with Gasteiger partial charge in [-0.3, -0.25) is 4.90 Å². The molecule has 248 valence electrons. The van der Waals surface area contributed by atoms with Gasteiger partial charge in [0, 0.05) is 51.0 Å². The number of piperazine rings is 1. The number of carbonyl (C=O) groups is 2. The number of carboxylic acid groups (broad SMARTS) is 2. The zero-order chi connectivity index (χ0) is 33.0. The molecule has 1 unspecified atom stereocenters. The van der Waals surface area contributed by atoms with Gasteiger partial charge in [0.15, 0.2) is 0 Å². The maximum absolute atomic E-state index is 10.6. The van der Waals surface area contributed by atoms with Crippen LogP contribution in [-0.2, 0) is 45.7 Å². The van der Waals surface area contributed by atoms with E-state index in [4.69, 9.17) is 34.5 Å². The summed E-state index contributed by atoms with van der Waals surface area (Å²) in [5.41, 5.74) is 7.03. The van der Waals surface area contributed by atoms with Gasteiger partial charge >= 0.3 is 24.3 Å². The van der Waals surface area contributed by atoms with E-state index in [1.54, 1.807) is 11.1 Å². The maximum atomic E-state index is 10.6. The van der Waals surface area contributed by atoms with Gasteiger partial charge < -0.3 is 24.7 Å². The first kappa shape index (κ1) is 34.4. The standard InChI is InChI=1S/C25H33N5O.2C2HF3O2/c1-28-9-11-30(12-10-28)24-26-14-22-16-31-18-25(23(22)27-24)7-8-29(17-25)15-19-5-6-20-3-2-4-21(20)13-19;2*3-2(4,5)1(6)7/h5-6,13-14H,2-4,7-12,15-18H2,1H3;2*(H,6,7). The Morgan fingerprint density at radius 1 is 0.933 bits per heavy atom. The highest BCUT2D eigenvalue weighted by molar-refractivity contribution is 5.73. The number of rotatable bonds is 3. The van der Waals surface area contributed by atoms with E-state index >= 15 is 0 Å². The molecule has 3 aliphatic heterocycles. The predicted molar refractivity (Wildman–Crippen MR) is 149 cm³/mol. The number of aromatic nitrogens is 2. The van der Waals surface area contributed by atoms with Crippen LogP contribution in [0.25, 0.3) is 0 Å². The van der Waals surface area contributed by atoms with E-state index in [1.807, 2.05) is 6.20 Å². The van der Waals surface area contributed by atoms with E-state index in [9.17, 15) is 26.3 Å². The van der Waals surface area contributed by atoms with Crippen molar-refractivity contribution < 1.29 is 50.9 Å². The van der Waals surface area contributed by atoms with Crippen molar-refractivity contribution in [3.63, 3.8) is 0 Å². The van der Waals surface area contributed by atoms with Gasteiger partial charge in [-0.05, 0) is 56.0 Å². The molecule has 0 radical (unpaired) electrons. The van der Waals surface area contributed by atoms with Crippen LogP contribution in [0.4, 0.5) is 32.3 Å². The van der Waals surface area contributed by atoms with E-state index in [0.29, 0.717) is 6.61 Å². The number of halogens is 6. The van der Waals surface area contributed by atoms with Crippen LogP contribution in [0.15, 0.2) is 24.4 Å². The second kappa shape index (κ2) is 13.9. The van der Waals surface area contributed by atoms with Gasteiger partial charge in [0.25, 0.3) is 0 Å². The highest BCUT2D eigenvalue weighted by Crippen LogP contribution is 2.40. The lowest BCUT2D eigenvalue weighted by Crippen LogP contribution is -2.46. The maximum Gasteiger partial charge on any atom is 0.490 e. The third-order valence-electron chi connectivity index (χ3n) is 8.26. The normalized spacial score (nSPS) is 21.7. The summed E-state index contributed by atoms with van der Waals surface area (Å²) >= 11 is 0. The summed E-state index contributed by atoms with van der Waals surface area (Å²) in [5.74, 6) is -4.61. The lowest BCUT2D eigenvalue weighted by molar-refractivity contribution is -0.193. The number of benzene rings is 1. The first-order chi connectivity index (χ1) is 21.1. The van der Waals surface area contributed by atoms with Crippen LogP contribution in [0.1, 0.15) is 40.8 Å². The van der Waals surface area contributed by atoms with Gasteiger partial charge in [0.1, 0.15) is 0 Å². The van der Waals surface area contributed by atoms with Gasteiger partial charge in [-0.1, -0.05) is 18.2 Å². The van der Waals surface area contributed by atoms with Gasteiger partial charge in [0.05, 0.1) is 24.3 Å². The highest BCUT2D eigenvalue weighted by Gasteiger charge is 2.45. The Morgan fingerprint density at radius 2 is 1.56 bits per heavy atom. The number of aliphatic carboxylic acids is 2. The van der Waals surface area contributed by atoms with Gasteiger partial charge in [-0.2, -0.15) is 26.3 Å². The number of nitrogens with zero attached hydrogens (tertiary/aromatic N) is 5. The Hall–Kier alpha value is -3.50. The minimum Gasteiger partial charge on any atom is -0.475 e. The van der Waals surface area contributed by atoms with Crippen molar-refractivity contribution in [2.24, 2.45) is 0 Å². The third kappa shape index (κ3) is 8.82. The van der Waals surface area contributed by atoms with Crippen molar-refractivity contribution in [3.05, 3.63) is 52.3 Å². The first-order valence-electron chi connectivity index (χ1n) is 14.4. The molecular weight excluding hydrogens is 612 g/mol. The number of likely N-dealkylation sites (N-methyl/N-ethyl adjacent to an activating group) is 1. The number of anilines is 1. The second-order valence-electron chi connectivity index (χ2n) is 11.6. The molecular formula is C29H35F6N5O5. The molecule has 16 heteroatoms. The predicted octanol–water partition coefficient (Wildman–Crippen LogP) is 3.66. The van der Waals surface area contributed by atoms with Crippen LogP contribution in [0.5, 0.6) is 0 Å². The van der Waals surface area contributed by atoms with Gasteiger partial charge in [-0.25, -0.2) is 19.6 Å². The minimum atomic E-state index is -5.08. The van der Waals surface area contributed by atoms with E-state index in [1.165, 1.54) is 36.1 Å². The fourth-order valence-electron chi connectivity index (χ4n) is 5.93. The molecule has 1 spiro atoms. The van der Waals surface area contributed by atoms with Crippen molar-refractivity contribution in [3.8, 4) is 0 Å². The lowest BCUT2D eigenvalue weighted by Gasteiger charge is -2.36. The molecule has 0 saturated carbocycles. The molecule has 1 aromatic heterocycles. The molecule has 2 fully saturated rings. The number of hydrogen-bond donors (Lipinski definition) is 2. The zero-order valence-corrected chi connectivity index (χ0v) is 24.6. The molecule has 0 bridgehead atoms. The Morgan fingerprint density at radius 3 is 2.18 bits per heavy atom. The number of carboxylic acids is 2. The van der Waals surface area contributed by atoms with E-state index in [-0.39, 0.29) is 5.41 Å². The highest BCUT2D eigenvalue weighted by atomic mass is 19.4. The smallest absolute Gasteiger partial charge is 0.475 e. The van der Waals surface area contributed by atoms with E-state index in [2.05, 4.69) is 39.9 Å². The number of hydrogen-bond acceptors (Lipinski definition) is 8. The topological polar surface area (TPSA) is 119 Å². The van der Waals surface area contributed by atoms with Crippen molar-refractivity contribution >= 4 is 17.9 Å². The SMILES string of the molecule is CN1CCN(c2ncc3c(n2)C2(CCN(Cc4ccc5c(c4)CCC5)C2)COC3)CC1.O=C(O)C(F)(F)F.O=C(O)C(F)(F)F. The summed E-state index contributed by atoms with van der Waals surface area (Å²) in [6, 6.07) is 7.15. The van der Waals surface area contributed by atoms with Gasteiger partial charge in [-0.15, -0.1) is 0 Å². The second-order valence-corrected chi connectivity index (χ2v) is 11.6. The van der Waals surface area contributed by atoms with Crippen molar-refractivity contribution in [1.29, 1.82) is 0 Å². The van der Waals surface area contributed by atoms with Crippen LogP contribution in [0.3, 0.4) is 0 Å². The summed E-state index contributed by atoms with van der Waals surface area (Å²) in [6.45, 7) is 8.73. The van der Waals surface area contributed by atoms with Gasteiger partial charge in [0.2, 0.25) is 5.95 Å². The quantitative estimate of drug-likeness (QED) is 0.478. The van der Waals surface area contributed by atoms with Crippen LogP contribution in [0, 0.1) is 0 Å². The fourth-order valence-corrected chi connectivity index (χ4v) is 5.93. The molecule has 1 atom stereocenters. The number of alkyl halides is 6. The zero-order valence-electron chi connectivity index (χ0n) is 24.6. The molecule has 4 aliphatic rings. The molecule has 6 rings (SSSR count). The number of ether oxygens (including phenoxy) is 1. The van der Waals surface area contributed by atoms with Crippen molar-refractivity contribution in [2.45, 2.75) is 56.6 Å². The van der Waals surface area contributed by atoms with Crippen LogP contribution < -0.4 is 4.90 Å². The summed E-state index contributed by atoms with van der Waals surface area (Å²) in [5, 5.41) is 14.2. The summed E-state index contributed by atoms with van der Waals surface area (Å²) in [6.07, 6.45) is -3.20. The van der Waals surface area contributed by atoms with Crippen LogP contribution >= 0.6 is 0 Å². The number of fused-ring (bicyclic) bond motifs is 3. The van der Waals surface area contributed by atoms with E-state index in [0.717, 1.165) is 64.8 Å². The Kier molecular flexibility index (Phi) is 10.6. The molecule has 45 heavy (non-hydrogen) atoms. The largest absolute Gasteiger partial charge is 0.490 e. The van der Waals surface area contributed by atoms with E-state index < -0.39 is 24.3 Å². The average molecular weight is 648 g/mol. The molecule has 1 aliphatic carbocycles. The lowest BCUT2D eigenvalue weighted by atomic mass is 9.80. The molecule has 2 aromatic rings. The number of likely N-dealkylation sites (tertiary alicyclic amines) is 1. The molecule has 10 nitrogen and oxygen atoms in total. The first-order valence-corrected chi connectivity index (χ1v) is 14.4. The summed E-state index contributed by atoms with van der Waals surface area (Å²) < 4.78 is 69.5. The minimum absolute atomic E-state index is 0.00851. The molecule has 2 N–H and O–H groups in total. The molecule has 0 amide bonds. The monoisotopic (exact) mass is 647 g/mol. The third-order valence-corrected chi connectivity index (χ3v) is 8.26. The Balaban J connectivity index is 0.000000277. The molecule has 2 saturated heterocycles. The summed E-state index contributed by atoms with van der Waals surface area (Å²) in [7, 11) is 2.19. The molecule has 1 aromatic carbocycles.